The Balaban J connectivity index is 0.00000208. The summed E-state index contributed by atoms with van der Waals surface area (Å²) in [7, 11) is 0. The predicted octanol–water partition coefficient (Wildman–Crippen LogP) is 2.75. The minimum atomic E-state index is -0.308. The number of hydrogen-bond donors (Lipinski definition) is 3. The SMILES string of the molecule is CC(C(=O)Nc1ccc(NC(=O)c2ccco2)cc1)C1CNC1.Cl. The van der Waals surface area contributed by atoms with Crippen LogP contribution in [0.4, 0.5) is 11.4 Å². The lowest BCUT2D eigenvalue weighted by molar-refractivity contribution is -0.121. The first-order valence-corrected chi connectivity index (χ1v) is 7.60. The zero-order valence-electron chi connectivity index (χ0n) is 13.2. The van der Waals surface area contributed by atoms with Crippen molar-refractivity contribution in [2.45, 2.75) is 6.92 Å². The van der Waals surface area contributed by atoms with Crippen LogP contribution >= 0.6 is 12.4 Å². The Kier molecular flexibility index (Phi) is 6.00. The molecule has 0 aliphatic carbocycles. The third kappa shape index (κ3) is 4.15. The first-order chi connectivity index (χ1) is 11.1. The summed E-state index contributed by atoms with van der Waals surface area (Å²) in [6, 6.07) is 10.3. The van der Waals surface area contributed by atoms with Crippen LogP contribution in [0.2, 0.25) is 0 Å². The van der Waals surface area contributed by atoms with E-state index in [-0.39, 0.29) is 35.9 Å². The van der Waals surface area contributed by atoms with Gasteiger partial charge in [-0.3, -0.25) is 9.59 Å². The molecule has 1 saturated heterocycles. The molecule has 1 aromatic carbocycles. The number of hydrogen-bond acceptors (Lipinski definition) is 4. The maximum atomic E-state index is 12.1. The Bertz CT molecular complexity index is 682. The lowest BCUT2D eigenvalue weighted by atomic mass is 9.88. The molecule has 1 unspecified atom stereocenters. The van der Waals surface area contributed by atoms with E-state index in [0.29, 0.717) is 17.3 Å². The van der Waals surface area contributed by atoms with Crippen molar-refractivity contribution in [1.29, 1.82) is 0 Å². The molecule has 1 aliphatic rings. The maximum Gasteiger partial charge on any atom is 0.291 e. The van der Waals surface area contributed by atoms with Gasteiger partial charge in [0.15, 0.2) is 5.76 Å². The van der Waals surface area contributed by atoms with E-state index in [0.717, 1.165) is 13.1 Å². The lowest BCUT2D eigenvalue weighted by Gasteiger charge is -2.31. The number of furan rings is 1. The Labute approximate surface area is 146 Å². The fourth-order valence-electron chi connectivity index (χ4n) is 2.37. The van der Waals surface area contributed by atoms with E-state index in [2.05, 4.69) is 16.0 Å². The monoisotopic (exact) mass is 349 g/mol. The van der Waals surface area contributed by atoms with Crippen LogP contribution in [0.5, 0.6) is 0 Å². The molecule has 3 N–H and O–H groups in total. The molecule has 1 atom stereocenters. The van der Waals surface area contributed by atoms with Crippen molar-refractivity contribution in [3.05, 3.63) is 48.4 Å². The standard InChI is InChI=1S/C17H19N3O3.ClH/c1-11(12-9-18-10-12)16(21)19-13-4-6-14(7-5-13)20-17(22)15-3-2-8-23-15;/h2-8,11-12,18H,9-10H2,1H3,(H,19,21)(H,20,22);1H. The second-order valence-corrected chi connectivity index (χ2v) is 5.71. The Morgan fingerprint density at radius 2 is 1.75 bits per heavy atom. The van der Waals surface area contributed by atoms with E-state index in [4.69, 9.17) is 4.42 Å². The molecular formula is C17H20ClN3O3. The third-order valence-electron chi connectivity index (χ3n) is 4.09. The van der Waals surface area contributed by atoms with Gasteiger partial charge in [-0.2, -0.15) is 0 Å². The lowest BCUT2D eigenvalue weighted by Crippen LogP contribution is -2.48. The Morgan fingerprint density at radius 3 is 2.25 bits per heavy atom. The number of carbonyl (C=O) groups excluding carboxylic acids is 2. The molecular weight excluding hydrogens is 330 g/mol. The molecule has 1 aliphatic heterocycles. The number of benzene rings is 1. The van der Waals surface area contributed by atoms with Crippen LogP contribution in [0.1, 0.15) is 17.5 Å². The Morgan fingerprint density at radius 1 is 1.12 bits per heavy atom. The van der Waals surface area contributed by atoms with E-state index in [1.807, 2.05) is 6.92 Å². The molecule has 7 heteroatoms. The van der Waals surface area contributed by atoms with Gasteiger partial charge in [0, 0.05) is 17.3 Å². The third-order valence-corrected chi connectivity index (χ3v) is 4.09. The molecule has 3 rings (SSSR count). The van der Waals surface area contributed by atoms with Crippen molar-refractivity contribution in [2.75, 3.05) is 23.7 Å². The Hall–Kier alpha value is -2.31. The van der Waals surface area contributed by atoms with E-state index < -0.39 is 0 Å². The molecule has 24 heavy (non-hydrogen) atoms. The van der Waals surface area contributed by atoms with Gasteiger partial charge in [-0.05, 0) is 55.4 Å². The number of anilines is 2. The smallest absolute Gasteiger partial charge is 0.291 e. The average Bonchev–Trinajstić information content (AvgIpc) is 3.01. The van der Waals surface area contributed by atoms with Crippen molar-refractivity contribution >= 4 is 35.6 Å². The van der Waals surface area contributed by atoms with Crippen LogP contribution in [0, 0.1) is 11.8 Å². The number of halogens is 1. The average molecular weight is 350 g/mol. The highest BCUT2D eigenvalue weighted by Gasteiger charge is 2.28. The number of nitrogens with one attached hydrogen (secondary N) is 3. The zero-order valence-corrected chi connectivity index (χ0v) is 14.1. The first-order valence-electron chi connectivity index (χ1n) is 7.60. The van der Waals surface area contributed by atoms with Gasteiger partial charge in [-0.1, -0.05) is 6.92 Å². The molecule has 0 saturated carbocycles. The van der Waals surface area contributed by atoms with Crippen LogP contribution in [0.15, 0.2) is 47.1 Å². The summed E-state index contributed by atoms with van der Waals surface area (Å²) in [6.07, 6.45) is 1.45. The zero-order chi connectivity index (χ0) is 16.2. The van der Waals surface area contributed by atoms with Crippen molar-refractivity contribution in [3.8, 4) is 0 Å². The minimum absolute atomic E-state index is 0. The molecule has 128 valence electrons. The summed E-state index contributed by atoms with van der Waals surface area (Å²) in [5.74, 6) is 0.350. The van der Waals surface area contributed by atoms with Crippen LogP contribution in [0.25, 0.3) is 0 Å². The second-order valence-electron chi connectivity index (χ2n) is 5.71. The number of carbonyl (C=O) groups is 2. The quantitative estimate of drug-likeness (QED) is 0.775. The molecule has 2 aromatic rings. The van der Waals surface area contributed by atoms with Crippen molar-refractivity contribution in [1.82, 2.24) is 5.32 Å². The normalized spacial score (nSPS) is 14.9. The molecule has 2 amide bonds. The number of rotatable bonds is 5. The van der Waals surface area contributed by atoms with Crippen molar-refractivity contribution in [2.24, 2.45) is 11.8 Å². The molecule has 6 nitrogen and oxygen atoms in total. The second kappa shape index (κ2) is 7.99. The largest absolute Gasteiger partial charge is 0.459 e. The first kappa shape index (κ1) is 18.0. The molecule has 1 fully saturated rings. The number of amides is 2. The minimum Gasteiger partial charge on any atom is -0.459 e. The fraction of sp³-hybridized carbons (Fsp3) is 0.294. The van der Waals surface area contributed by atoms with Gasteiger partial charge in [-0.25, -0.2) is 0 Å². The molecule has 0 spiro atoms. The summed E-state index contributed by atoms with van der Waals surface area (Å²) in [6.45, 7) is 3.73. The van der Waals surface area contributed by atoms with Gasteiger partial charge in [0.1, 0.15) is 0 Å². The van der Waals surface area contributed by atoms with Gasteiger partial charge in [0.2, 0.25) is 5.91 Å². The molecule has 0 radical (unpaired) electrons. The van der Waals surface area contributed by atoms with Crippen LogP contribution in [0.3, 0.4) is 0 Å². The molecule has 2 heterocycles. The van der Waals surface area contributed by atoms with Gasteiger partial charge in [-0.15, -0.1) is 12.4 Å². The predicted molar refractivity (Wildman–Crippen MR) is 94.5 cm³/mol. The van der Waals surface area contributed by atoms with Gasteiger partial charge in [0.25, 0.3) is 5.91 Å². The van der Waals surface area contributed by atoms with E-state index >= 15 is 0 Å². The molecule has 1 aromatic heterocycles. The summed E-state index contributed by atoms with van der Waals surface area (Å²) in [5.41, 5.74) is 1.35. The highest BCUT2D eigenvalue weighted by atomic mass is 35.5. The summed E-state index contributed by atoms with van der Waals surface area (Å²) < 4.78 is 5.03. The van der Waals surface area contributed by atoms with Gasteiger partial charge in [0.05, 0.1) is 6.26 Å². The summed E-state index contributed by atoms with van der Waals surface area (Å²) >= 11 is 0. The van der Waals surface area contributed by atoms with Crippen molar-refractivity contribution in [3.63, 3.8) is 0 Å². The van der Waals surface area contributed by atoms with E-state index in [1.165, 1.54) is 6.26 Å². The van der Waals surface area contributed by atoms with Crippen LogP contribution in [-0.2, 0) is 4.79 Å². The van der Waals surface area contributed by atoms with Gasteiger partial charge >= 0.3 is 0 Å². The highest BCUT2D eigenvalue weighted by Crippen LogP contribution is 2.20. The maximum absolute atomic E-state index is 12.1. The summed E-state index contributed by atoms with van der Waals surface area (Å²) in [4.78, 5) is 24.0. The van der Waals surface area contributed by atoms with Gasteiger partial charge < -0.3 is 20.4 Å². The van der Waals surface area contributed by atoms with E-state index in [1.54, 1.807) is 36.4 Å². The van der Waals surface area contributed by atoms with E-state index in [9.17, 15) is 9.59 Å². The van der Waals surface area contributed by atoms with Crippen LogP contribution < -0.4 is 16.0 Å². The van der Waals surface area contributed by atoms with Crippen LogP contribution in [-0.4, -0.2) is 24.9 Å². The molecule has 0 bridgehead atoms. The topological polar surface area (TPSA) is 83.4 Å². The fourth-order valence-corrected chi connectivity index (χ4v) is 2.37. The van der Waals surface area contributed by atoms with Crippen molar-refractivity contribution < 1.29 is 14.0 Å². The highest BCUT2D eigenvalue weighted by molar-refractivity contribution is 6.02. The summed E-state index contributed by atoms with van der Waals surface area (Å²) in [5, 5.41) is 8.80.